The van der Waals surface area contributed by atoms with Crippen LogP contribution in [0.5, 0.6) is 11.5 Å². The summed E-state index contributed by atoms with van der Waals surface area (Å²) in [5, 5.41) is 4.75. The summed E-state index contributed by atoms with van der Waals surface area (Å²) in [5.41, 5.74) is 2.29. The van der Waals surface area contributed by atoms with Gasteiger partial charge in [0.15, 0.2) is 11.5 Å². The van der Waals surface area contributed by atoms with Gasteiger partial charge in [-0.2, -0.15) is 0 Å². The lowest BCUT2D eigenvalue weighted by atomic mass is 10.1. The fraction of sp³-hybridized carbons (Fsp3) is 0.217. The molecule has 3 aromatic rings. The SMILES string of the molecule is COc1cc(CNCCc2ccccc2F)cc(Cl)c1OCc1c(Cl)cccc1Cl. The van der Waals surface area contributed by atoms with Crippen molar-refractivity contribution in [3.63, 3.8) is 0 Å². The van der Waals surface area contributed by atoms with Gasteiger partial charge in [0, 0.05) is 22.2 Å². The Bertz CT molecular complexity index is 993. The van der Waals surface area contributed by atoms with E-state index in [1.807, 2.05) is 18.2 Å². The van der Waals surface area contributed by atoms with Gasteiger partial charge in [0.2, 0.25) is 0 Å². The molecular formula is C23H21Cl3FNO2. The van der Waals surface area contributed by atoms with Gasteiger partial charge in [-0.3, -0.25) is 0 Å². The number of hydrogen-bond acceptors (Lipinski definition) is 3. The summed E-state index contributed by atoms with van der Waals surface area (Å²) in [4.78, 5) is 0. The minimum absolute atomic E-state index is 0.162. The Morgan fingerprint density at radius 3 is 2.37 bits per heavy atom. The van der Waals surface area contributed by atoms with Gasteiger partial charge in [-0.1, -0.05) is 59.1 Å². The Morgan fingerprint density at radius 2 is 1.67 bits per heavy atom. The smallest absolute Gasteiger partial charge is 0.180 e. The van der Waals surface area contributed by atoms with Crippen molar-refractivity contribution in [3.8, 4) is 11.5 Å². The Balaban J connectivity index is 1.63. The lowest BCUT2D eigenvalue weighted by Gasteiger charge is -2.15. The molecule has 0 radical (unpaired) electrons. The molecule has 0 atom stereocenters. The van der Waals surface area contributed by atoms with Gasteiger partial charge in [0.05, 0.1) is 12.1 Å². The molecule has 0 saturated heterocycles. The summed E-state index contributed by atoms with van der Waals surface area (Å²) in [7, 11) is 1.55. The molecule has 0 aliphatic carbocycles. The second-order valence-corrected chi connectivity index (χ2v) is 7.84. The highest BCUT2D eigenvalue weighted by molar-refractivity contribution is 6.36. The number of benzene rings is 3. The standard InChI is InChI=1S/C23H21Cl3FNO2/c1-29-22-12-15(13-28-10-9-16-5-2-3-8-21(16)27)11-20(26)23(22)30-14-17-18(24)6-4-7-19(17)25/h2-8,11-12,28H,9-10,13-14H2,1H3. The molecule has 0 aromatic heterocycles. The Kier molecular flexibility index (Phi) is 8.23. The van der Waals surface area contributed by atoms with E-state index in [4.69, 9.17) is 44.3 Å². The fourth-order valence-electron chi connectivity index (χ4n) is 2.99. The number of ether oxygens (including phenoxy) is 2. The van der Waals surface area contributed by atoms with Crippen molar-refractivity contribution in [3.05, 3.63) is 92.2 Å². The monoisotopic (exact) mass is 467 g/mol. The summed E-state index contributed by atoms with van der Waals surface area (Å²) in [5.74, 6) is 0.742. The second kappa shape index (κ2) is 10.9. The van der Waals surface area contributed by atoms with Crippen LogP contribution in [0.3, 0.4) is 0 Å². The fourth-order valence-corrected chi connectivity index (χ4v) is 3.78. The second-order valence-electron chi connectivity index (χ2n) is 6.62. The molecule has 1 N–H and O–H groups in total. The molecule has 3 nitrogen and oxygen atoms in total. The summed E-state index contributed by atoms with van der Waals surface area (Å²) < 4.78 is 25.0. The average molecular weight is 469 g/mol. The van der Waals surface area contributed by atoms with Crippen molar-refractivity contribution in [2.75, 3.05) is 13.7 Å². The van der Waals surface area contributed by atoms with E-state index in [0.717, 1.165) is 5.56 Å². The van der Waals surface area contributed by atoms with E-state index in [0.29, 0.717) is 57.2 Å². The molecule has 0 saturated carbocycles. The predicted octanol–water partition coefficient (Wildman–Crippen LogP) is 6.71. The summed E-state index contributed by atoms with van der Waals surface area (Å²) in [6.45, 7) is 1.35. The van der Waals surface area contributed by atoms with Crippen LogP contribution in [0.25, 0.3) is 0 Å². The molecule has 158 valence electrons. The van der Waals surface area contributed by atoms with Gasteiger partial charge in [-0.05, 0) is 54.4 Å². The molecule has 0 aliphatic heterocycles. The number of hydrogen-bond donors (Lipinski definition) is 1. The maximum atomic E-state index is 13.7. The predicted molar refractivity (Wildman–Crippen MR) is 121 cm³/mol. The molecule has 0 unspecified atom stereocenters. The van der Waals surface area contributed by atoms with Crippen molar-refractivity contribution in [2.45, 2.75) is 19.6 Å². The minimum Gasteiger partial charge on any atom is -0.493 e. The van der Waals surface area contributed by atoms with Gasteiger partial charge in [-0.15, -0.1) is 0 Å². The third kappa shape index (κ3) is 5.79. The first-order valence-electron chi connectivity index (χ1n) is 9.35. The van der Waals surface area contributed by atoms with Crippen molar-refractivity contribution in [1.82, 2.24) is 5.32 Å². The van der Waals surface area contributed by atoms with Crippen molar-refractivity contribution >= 4 is 34.8 Å². The van der Waals surface area contributed by atoms with E-state index in [1.165, 1.54) is 6.07 Å². The van der Waals surface area contributed by atoms with Crippen molar-refractivity contribution in [1.29, 1.82) is 0 Å². The van der Waals surface area contributed by atoms with Gasteiger partial charge < -0.3 is 14.8 Å². The first-order valence-corrected chi connectivity index (χ1v) is 10.5. The number of rotatable bonds is 9. The third-order valence-electron chi connectivity index (χ3n) is 4.57. The quantitative estimate of drug-likeness (QED) is 0.354. The maximum absolute atomic E-state index is 13.7. The van der Waals surface area contributed by atoms with Crippen LogP contribution >= 0.6 is 34.8 Å². The van der Waals surface area contributed by atoms with E-state index >= 15 is 0 Å². The van der Waals surface area contributed by atoms with E-state index in [2.05, 4.69) is 5.32 Å². The minimum atomic E-state index is -0.191. The molecule has 3 aromatic carbocycles. The van der Waals surface area contributed by atoms with Crippen LogP contribution < -0.4 is 14.8 Å². The molecule has 3 rings (SSSR count). The van der Waals surface area contributed by atoms with Crippen LogP contribution in [0.4, 0.5) is 4.39 Å². The van der Waals surface area contributed by atoms with Crippen LogP contribution in [0, 0.1) is 5.82 Å². The molecular weight excluding hydrogens is 448 g/mol. The van der Waals surface area contributed by atoms with Gasteiger partial charge >= 0.3 is 0 Å². The first kappa shape index (κ1) is 22.7. The first-order chi connectivity index (χ1) is 14.5. The maximum Gasteiger partial charge on any atom is 0.180 e. The molecule has 0 heterocycles. The van der Waals surface area contributed by atoms with E-state index < -0.39 is 0 Å². The van der Waals surface area contributed by atoms with Crippen LogP contribution in [-0.2, 0) is 19.6 Å². The lowest BCUT2D eigenvalue weighted by Crippen LogP contribution is -2.17. The lowest BCUT2D eigenvalue weighted by molar-refractivity contribution is 0.284. The number of halogens is 4. The molecule has 30 heavy (non-hydrogen) atoms. The van der Waals surface area contributed by atoms with Crippen molar-refractivity contribution in [2.24, 2.45) is 0 Å². The van der Waals surface area contributed by atoms with E-state index in [9.17, 15) is 4.39 Å². The number of nitrogens with one attached hydrogen (secondary N) is 1. The van der Waals surface area contributed by atoms with Gasteiger partial charge in [0.1, 0.15) is 12.4 Å². The van der Waals surface area contributed by atoms with Crippen LogP contribution in [0.15, 0.2) is 54.6 Å². The Hall–Kier alpha value is -1.98. The van der Waals surface area contributed by atoms with E-state index in [1.54, 1.807) is 37.4 Å². The normalized spacial score (nSPS) is 10.8. The Morgan fingerprint density at radius 1 is 0.933 bits per heavy atom. The molecule has 0 aliphatic rings. The zero-order chi connectivity index (χ0) is 21.5. The Labute approximate surface area is 190 Å². The van der Waals surface area contributed by atoms with Crippen LogP contribution in [0.1, 0.15) is 16.7 Å². The zero-order valence-electron chi connectivity index (χ0n) is 16.4. The van der Waals surface area contributed by atoms with Crippen LogP contribution in [-0.4, -0.2) is 13.7 Å². The topological polar surface area (TPSA) is 30.5 Å². The molecule has 0 amide bonds. The highest BCUT2D eigenvalue weighted by Crippen LogP contribution is 2.38. The largest absolute Gasteiger partial charge is 0.493 e. The average Bonchev–Trinajstić information content (AvgIpc) is 2.73. The van der Waals surface area contributed by atoms with Gasteiger partial charge in [-0.25, -0.2) is 4.39 Å². The van der Waals surface area contributed by atoms with Gasteiger partial charge in [0.25, 0.3) is 0 Å². The zero-order valence-corrected chi connectivity index (χ0v) is 18.6. The van der Waals surface area contributed by atoms with E-state index in [-0.39, 0.29) is 12.4 Å². The summed E-state index contributed by atoms with van der Waals surface area (Å²) >= 11 is 18.8. The molecule has 7 heteroatoms. The highest BCUT2D eigenvalue weighted by Gasteiger charge is 2.14. The highest BCUT2D eigenvalue weighted by atomic mass is 35.5. The van der Waals surface area contributed by atoms with Crippen molar-refractivity contribution < 1.29 is 13.9 Å². The summed E-state index contributed by atoms with van der Waals surface area (Å²) in [6.07, 6.45) is 0.595. The summed E-state index contributed by atoms with van der Waals surface area (Å²) in [6, 6.07) is 15.7. The molecule has 0 fully saturated rings. The third-order valence-corrected chi connectivity index (χ3v) is 5.56. The molecule has 0 bridgehead atoms. The number of methoxy groups -OCH3 is 1. The molecule has 0 spiro atoms. The van der Waals surface area contributed by atoms with Crippen LogP contribution in [0.2, 0.25) is 15.1 Å².